The van der Waals surface area contributed by atoms with Gasteiger partial charge in [-0.15, -0.1) is 0 Å². The second kappa shape index (κ2) is 10.3. The van der Waals surface area contributed by atoms with E-state index in [0.717, 1.165) is 12.1 Å². The predicted octanol–water partition coefficient (Wildman–Crippen LogP) is 5.45. The molecule has 0 aliphatic carbocycles. The van der Waals surface area contributed by atoms with Gasteiger partial charge in [0.2, 0.25) is 0 Å². The van der Waals surface area contributed by atoms with Crippen LogP contribution in [0.15, 0.2) is 48.5 Å². The first-order valence-electron chi connectivity index (χ1n) is 8.41. The third kappa shape index (κ3) is 9.12. The number of halogens is 6. The van der Waals surface area contributed by atoms with Gasteiger partial charge in [0.15, 0.2) is 0 Å². The van der Waals surface area contributed by atoms with Crippen molar-refractivity contribution >= 4 is 11.4 Å². The third-order valence-corrected chi connectivity index (χ3v) is 3.90. The van der Waals surface area contributed by atoms with Crippen LogP contribution >= 0.6 is 0 Å². The molecule has 0 spiro atoms. The normalized spacial score (nSPS) is 12.1. The summed E-state index contributed by atoms with van der Waals surface area (Å²) in [5.74, 6) is 0. The molecular formula is C20H28F6N2O2. The Morgan fingerprint density at radius 1 is 0.533 bits per heavy atom. The zero-order chi connectivity index (χ0) is 22.0. The molecule has 2 aromatic rings. The fourth-order valence-corrected chi connectivity index (χ4v) is 2.20. The molecule has 30 heavy (non-hydrogen) atoms. The van der Waals surface area contributed by atoms with Crippen LogP contribution < -0.4 is 8.97 Å². The summed E-state index contributed by atoms with van der Waals surface area (Å²) in [6, 6.07) is 10.8. The Labute approximate surface area is 172 Å². The molecule has 0 bridgehead atoms. The van der Waals surface area contributed by atoms with Crippen molar-refractivity contribution in [2.75, 3.05) is 42.3 Å². The standard InChI is InChI=1S/2C10H13F3N.2H2O/c2*1-14(2,3)9-6-4-5-8(7-9)10(11,12)13;;/h2*4-7H,1-3H3;2*1H2/q2*+1;;/p-2. The van der Waals surface area contributed by atoms with Gasteiger partial charge in [-0.2, -0.15) is 26.3 Å². The number of benzene rings is 2. The van der Waals surface area contributed by atoms with Gasteiger partial charge in [0.05, 0.1) is 53.4 Å². The number of rotatable bonds is 2. The second-order valence-electron chi connectivity index (χ2n) is 8.12. The Bertz CT molecular complexity index is 665. The first kappa shape index (κ1) is 30.1. The predicted molar refractivity (Wildman–Crippen MR) is 106 cm³/mol. The molecule has 2 N–H and O–H groups in total. The number of alkyl halides is 6. The molecule has 0 aliphatic heterocycles. The highest BCUT2D eigenvalue weighted by Crippen LogP contribution is 2.33. The van der Waals surface area contributed by atoms with E-state index in [9.17, 15) is 26.3 Å². The summed E-state index contributed by atoms with van der Waals surface area (Å²) in [7, 11) is 11.0. The Balaban J connectivity index is 0. The lowest BCUT2D eigenvalue weighted by Crippen LogP contribution is -2.34. The van der Waals surface area contributed by atoms with Crippen molar-refractivity contribution in [2.24, 2.45) is 0 Å². The van der Waals surface area contributed by atoms with E-state index in [1.807, 2.05) is 42.3 Å². The van der Waals surface area contributed by atoms with Gasteiger partial charge in [0.1, 0.15) is 11.4 Å². The average Bonchev–Trinajstić information content (AvgIpc) is 2.52. The van der Waals surface area contributed by atoms with E-state index < -0.39 is 23.5 Å². The first-order chi connectivity index (χ1) is 12.4. The number of hydrogen-bond acceptors (Lipinski definition) is 2. The maximum atomic E-state index is 12.3. The maximum absolute atomic E-state index is 12.3. The molecule has 0 fully saturated rings. The van der Waals surface area contributed by atoms with E-state index in [4.69, 9.17) is 0 Å². The van der Waals surface area contributed by atoms with Crippen LogP contribution in [-0.4, -0.2) is 53.2 Å². The molecular weight excluding hydrogens is 414 g/mol. The number of quaternary nitrogens is 2. The maximum Gasteiger partial charge on any atom is 0.416 e. The topological polar surface area (TPSA) is 60.0 Å². The van der Waals surface area contributed by atoms with Crippen LogP contribution in [-0.2, 0) is 12.4 Å². The molecule has 0 saturated heterocycles. The fraction of sp³-hybridized carbons (Fsp3) is 0.400. The molecule has 0 heterocycles. The molecule has 2 rings (SSSR count). The first-order valence-corrected chi connectivity index (χ1v) is 8.41. The lowest BCUT2D eigenvalue weighted by atomic mass is 10.2. The van der Waals surface area contributed by atoms with Gasteiger partial charge in [-0.3, -0.25) is 8.97 Å². The Morgan fingerprint density at radius 2 is 0.800 bits per heavy atom. The summed E-state index contributed by atoms with van der Waals surface area (Å²) in [6.45, 7) is 0. The number of hydrogen-bond donors (Lipinski definition) is 0. The van der Waals surface area contributed by atoms with Crippen molar-refractivity contribution in [1.29, 1.82) is 0 Å². The molecule has 0 aromatic heterocycles. The van der Waals surface area contributed by atoms with Crippen LogP contribution in [0.4, 0.5) is 37.7 Å². The molecule has 172 valence electrons. The smallest absolute Gasteiger partial charge is 0.416 e. The molecule has 0 aliphatic rings. The highest BCUT2D eigenvalue weighted by atomic mass is 19.4. The minimum Gasteiger partial charge on any atom is -0.870 e. The lowest BCUT2D eigenvalue weighted by molar-refractivity contribution is -0.138. The minimum atomic E-state index is -4.26. The molecule has 0 unspecified atom stereocenters. The molecule has 4 nitrogen and oxygen atoms in total. The van der Waals surface area contributed by atoms with Gasteiger partial charge in [-0.05, 0) is 24.3 Å². The summed E-state index contributed by atoms with van der Waals surface area (Å²) in [4.78, 5) is 0. The lowest BCUT2D eigenvalue weighted by Gasteiger charge is -2.24. The van der Waals surface area contributed by atoms with Crippen LogP contribution in [0, 0.1) is 0 Å². The summed E-state index contributed by atoms with van der Waals surface area (Å²) in [5, 5.41) is 0. The zero-order valence-electron chi connectivity index (χ0n) is 17.7. The molecule has 0 saturated carbocycles. The van der Waals surface area contributed by atoms with Crippen molar-refractivity contribution < 1.29 is 37.3 Å². The van der Waals surface area contributed by atoms with Gasteiger partial charge in [-0.25, -0.2) is 0 Å². The van der Waals surface area contributed by atoms with Crippen LogP contribution in [0.5, 0.6) is 0 Å². The van der Waals surface area contributed by atoms with Crippen molar-refractivity contribution in [3.05, 3.63) is 59.7 Å². The van der Waals surface area contributed by atoms with E-state index in [0.29, 0.717) is 20.3 Å². The van der Waals surface area contributed by atoms with E-state index in [2.05, 4.69) is 0 Å². The van der Waals surface area contributed by atoms with E-state index >= 15 is 0 Å². The van der Waals surface area contributed by atoms with Crippen LogP contribution in [0.25, 0.3) is 0 Å². The van der Waals surface area contributed by atoms with Crippen LogP contribution in [0.3, 0.4) is 0 Å². The fourth-order valence-electron chi connectivity index (χ4n) is 2.20. The van der Waals surface area contributed by atoms with Crippen molar-refractivity contribution in [3.8, 4) is 0 Å². The quantitative estimate of drug-likeness (QED) is 0.459. The summed E-state index contributed by atoms with van der Waals surface area (Å²) in [5.41, 5.74) is 0.0887. The zero-order valence-corrected chi connectivity index (χ0v) is 17.7. The van der Waals surface area contributed by atoms with E-state index in [1.54, 1.807) is 12.1 Å². The van der Waals surface area contributed by atoms with Gasteiger partial charge in [-0.1, -0.05) is 12.1 Å². The molecule has 0 amide bonds. The van der Waals surface area contributed by atoms with Crippen molar-refractivity contribution in [3.63, 3.8) is 0 Å². The Hall–Kier alpha value is -2.14. The monoisotopic (exact) mass is 442 g/mol. The Morgan fingerprint density at radius 3 is 1.00 bits per heavy atom. The molecule has 2 aromatic carbocycles. The molecule has 0 atom stereocenters. The number of nitrogens with zero attached hydrogens (tertiary/aromatic N) is 2. The van der Waals surface area contributed by atoms with Gasteiger partial charge < -0.3 is 11.0 Å². The highest BCUT2D eigenvalue weighted by molar-refractivity contribution is 5.45. The van der Waals surface area contributed by atoms with E-state index in [-0.39, 0.29) is 11.0 Å². The SMILES string of the molecule is C[N+](C)(C)c1cccc(C(F)(F)F)c1.C[N+](C)(C)c1cccc(C(F)(F)F)c1.[OH-].[OH-]. The Kier molecular flexibility index (Phi) is 10.3. The van der Waals surface area contributed by atoms with Crippen LogP contribution in [0.2, 0.25) is 0 Å². The summed E-state index contributed by atoms with van der Waals surface area (Å²) < 4.78 is 74.9. The molecule has 10 heteroatoms. The largest absolute Gasteiger partial charge is 0.870 e. The van der Waals surface area contributed by atoms with Gasteiger partial charge >= 0.3 is 12.4 Å². The third-order valence-electron chi connectivity index (χ3n) is 3.90. The summed E-state index contributed by atoms with van der Waals surface area (Å²) in [6.07, 6.45) is -8.52. The van der Waals surface area contributed by atoms with Crippen molar-refractivity contribution in [2.45, 2.75) is 12.4 Å². The average molecular weight is 442 g/mol. The second-order valence-corrected chi connectivity index (χ2v) is 8.12. The minimum absolute atomic E-state index is 0. The van der Waals surface area contributed by atoms with Gasteiger partial charge in [0, 0.05) is 12.1 Å². The van der Waals surface area contributed by atoms with Gasteiger partial charge in [0.25, 0.3) is 0 Å². The highest BCUT2D eigenvalue weighted by Gasteiger charge is 2.32. The van der Waals surface area contributed by atoms with E-state index in [1.165, 1.54) is 24.3 Å². The summed E-state index contributed by atoms with van der Waals surface area (Å²) >= 11 is 0. The molecule has 0 radical (unpaired) electrons. The van der Waals surface area contributed by atoms with Crippen LogP contribution in [0.1, 0.15) is 11.1 Å². The van der Waals surface area contributed by atoms with Crippen molar-refractivity contribution in [1.82, 2.24) is 8.97 Å².